The van der Waals surface area contributed by atoms with Crippen LogP contribution < -0.4 is 5.32 Å². The molecule has 3 unspecified atom stereocenters. The first-order chi connectivity index (χ1) is 8.93. The van der Waals surface area contributed by atoms with Crippen molar-refractivity contribution < 1.29 is 0 Å². The highest BCUT2D eigenvalue weighted by molar-refractivity contribution is 5.13. The second-order valence-corrected chi connectivity index (χ2v) is 8.70. The predicted octanol–water partition coefficient (Wildman–Crippen LogP) is 4.62. The Morgan fingerprint density at radius 3 is 2.21 bits per heavy atom. The van der Waals surface area contributed by atoms with E-state index >= 15 is 0 Å². The van der Waals surface area contributed by atoms with Crippen LogP contribution in [-0.2, 0) is 0 Å². The average Bonchev–Trinajstić information content (AvgIpc) is 2.71. The maximum Gasteiger partial charge on any atom is 0.0129 e. The molecule has 3 aliphatic rings. The second kappa shape index (κ2) is 4.76. The van der Waals surface area contributed by atoms with Gasteiger partial charge in [-0.3, -0.25) is 0 Å². The van der Waals surface area contributed by atoms with E-state index in [1.807, 2.05) is 0 Å². The zero-order chi connectivity index (χ0) is 13.7. The molecule has 2 bridgehead atoms. The molecule has 1 N–H and O–H groups in total. The molecule has 1 nitrogen and oxygen atoms in total. The van der Waals surface area contributed by atoms with E-state index in [1.165, 1.54) is 51.5 Å². The topological polar surface area (TPSA) is 12.0 Å². The molecule has 0 aromatic carbocycles. The van der Waals surface area contributed by atoms with E-state index in [9.17, 15) is 0 Å². The summed E-state index contributed by atoms with van der Waals surface area (Å²) in [5, 5.41) is 3.99. The quantitative estimate of drug-likeness (QED) is 0.783. The van der Waals surface area contributed by atoms with Gasteiger partial charge in [-0.15, -0.1) is 0 Å². The maximum absolute atomic E-state index is 3.99. The van der Waals surface area contributed by atoms with Crippen LogP contribution in [0.3, 0.4) is 0 Å². The third-order valence-corrected chi connectivity index (χ3v) is 7.58. The van der Waals surface area contributed by atoms with Crippen molar-refractivity contribution in [2.45, 2.75) is 78.7 Å². The van der Waals surface area contributed by atoms with Gasteiger partial charge in [0.2, 0.25) is 0 Å². The van der Waals surface area contributed by atoms with E-state index in [0.29, 0.717) is 10.8 Å². The summed E-state index contributed by atoms with van der Waals surface area (Å²) in [6, 6.07) is 0.792. The highest BCUT2D eigenvalue weighted by atomic mass is 15.0. The number of hydrogen-bond acceptors (Lipinski definition) is 1. The highest BCUT2D eigenvalue weighted by Crippen LogP contribution is 2.65. The number of hydrogen-bond donors (Lipinski definition) is 1. The molecular weight excluding hydrogens is 230 g/mol. The van der Waals surface area contributed by atoms with E-state index in [0.717, 1.165) is 23.8 Å². The molecule has 0 aromatic heterocycles. The summed E-state index contributed by atoms with van der Waals surface area (Å²) < 4.78 is 0. The standard InChI is InChI=1S/C18H33N/c1-13-5-7-14(8-6-13)12-19-16-11-15-9-10-18(16,4)17(15,2)3/h13-16,19H,5-12H2,1-4H3. The molecule has 0 amide bonds. The Morgan fingerprint density at radius 2 is 1.68 bits per heavy atom. The SMILES string of the molecule is CC1CCC(CNC2CC3CCC2(C)C3(C)C)CC1. The number of nitrogens with one attached hydrogen (secondary N) is 1. The zero-order valence-corrected chi connectivity index (χ0v) is 13.5. The summed E-state index contributed by atoms with van der Waals surface area (Å²) in [5.74, 6) is 2.92. The molecule has 0 spiro atoms. The Bertz CT molecular complexity index is 327. The fraction of sp³-hybridized carbons (Fsp3) is 1.00. The van der Waals surface area contributed by atoms with Gasteiger partial charge in [-0.05, 0) is 67.2 Å². The number of rotatable bonds is 3. The van der Waals surface area contributed by atoms with Crippen LogP contribution >= 0.6 is 0 Å². The Labute approximate surface area is 119 Å². The van der Waals surface area contributed by atoms with Gasteiger partial charge in [0, 0.05) is 6.04 Å². The van der Waals surface area contributed by atoms with Gasteiger partial charge in [-0.2, -0.15) is 0 Å². The Kier molecular flexibility index (Phi) is 3.48. The highest BCUT2D eigenvalue weighted by Gasteiger charge is 2.60. The zero-order valence-electron chi connectivity index (χ0n) is 13.5. The fourth-order valence-electron chi connectivity index (χ4n) is 5.35. The third-order valence-electron chi connectivity index (χ3n) is 7.58. The van der Waals surface area contributed by atoms with Gasteiger partial charge >= 0.3 is 0 Å². The maximum atomic E-state index is 3.99. The lowest BCUT2D eigenvalue weighted by Gasteiger charge is -2.40. The summed E-state index contributed by atoms with van der Waals surface area (Å²) in [6.45, 7) is 11.3. The lowest BCUT2D eigenvalue weighted by Crippen LogP contribution is -2.46. The van der Waals surface area contributed by atoms with Gasteiger partial charge in [0.05, 0.1) is 0 Å². The molecule has 110 valence electrons. The summed E-state index contributed by atoms with van der Waals surface area (Å²) in [7, 11) is 0. The van der Waals surface area contributed by atoms with Crippen molar-refractivity contribution in [2.24, 2.45) is 28.6 Å². The van der Waals surface area contributed by atoms with E-state index in [2.05, 4.69) is 33.0 Å². The van der Waals surface area contributed by atoms with Crippen LogP contribution in [0.2, 0.25) is 0 Å². The minimum absolute atomic E-state index is 0.555. The van der Waals surface area contributed by atoms with Crippen molar-refractivity contribution in [3.63, 3.8) is 0 Å². The van der Waals surface area contributed by atoms with Crippen LogP contribution in [0.5, 0.6) is 0 Å². The Morgan fingerprint density at radius 1 is 1.00 bits per heavy atom. The third kappa shape index (κ3) is 2.17. The Balaban J connectivity index is 1.55. The van der Waals surface area contributed by atoms with Gasteiger partial charge in [-0.25, -0.2) is 0 Å². The van der Waals surface area contributed by atoms with Crippen molar-refractivity contribution in [2.75, 3.05) is 6.54 Å². The van der Waals surface area contributed by atoms with E-state index in [-0.39, 0.29) is 0 Å². The summed E-state index contributed by atoms with van der Waals surface area (Å²) in [6.07, 6.45) is 10.2. The van der Waals surface area contributed by atoms with Crippen molar-refractivity contribution in [3.8, 4) is 0 Å². The summed E-state index contributed by atoms with van der Waals surface area (Å²) >= 11 is 0. The van der Waals surface area contributed by atoms with Gasteiger partial charge in [0.1, 0.15) is 0 Å². The smallest absolute Gasteiger partial charge is 0.0129 e. The molecule has 19 heavy (non-hydrogen) atoms. The second-order valence-electron chi connectivity index (χ2n) is 8.70. The van der Waals surface area contributed by atoms with E-state index in [1.54, 1.807) is 0 Å². The first-order valence-corrected chi connectivity index (χ1v) is 8.67. The van der Waals surface area contributed by atoms with Gasteiger partial charge < -0.3 is 5.32 Å². The van der Waals surface area contributed by atoms with Crippen molar-refractivity contribution in [1.29, 1.82) is 0 Å². The molecule has 3 rings (SSSR count). The lowest BCUT2D eigenvalue weighted by molar-refractivity contribution is 0.116. The minimum atomic E-state index is 0.555. The van der Waals surface area contributed by atoms with Gasteiger partial charge in [-0.1, -0.05) is 40.5 Å². The molecule has 0 heterocycles. The summed E-state index contributed by atoms with van der Waals surface area (Å²) in [5.41, 5.74) is 1.12. The average molecular weight is 263 g/mol. The molecule has 3 saturated carbocycles. The van der Waals surface area contributed by atoms with Crippen LogP contribution in [0.15, 0.2) is 0 Å². The van der Waals surface area contributed by atoms with Crippen molar-refractivity contribution in [1.82, 2.24) is 5.32 Å². The van der Waals surface area contributed by atoms with Gasteiger partial charge in [0.25, 0.3) is 0 Å². The lowest BCUT2D eigenvalue weighted by atomic mass is 9.69. The van der Waals surface area contributed by atoms with Crippen LogP contribution in [0.4, 0.5) is 0 Å². The molecule has 0 radical (unpaired) electrons. The molecule has 0 aromatic rings. The molecule has 0 aliphatic heterocycles. The molecule has 3 aliphatic carbocycles. The first-order valence-electron chi connectivity index (χ1n) is 8.67. The van der Waals surface area contributed by atoms with Crippen molar-refractivity contribution in [3.05, 3.63) is 0 Å². The summed E-state index contributed by atoms with van der Waals surface area (Å²) in [4.78, 5) is 0. The molecule has 3 fully saturated rings. The first kappa shape index (κ1) is 13.9. The van der Waals surface area contributed by atoms with Gasteiger partial charge in [0.15, 0.2) is 0 Å². The largest absolute Gasteiger partial charge is 0.313 e. The fourth-order valence-corrected chi connectivity index (χ4v) is 5.35. The normalized spacial score (nSPS) is 48.6. The van der Waals surface area contributed by atoms with Crippen LogP contribution in [0.25, 0.3) is 0 Å². The van der Waals surface area contributed by atoms with Crippen LogP contribution in [0, 0.1) is 28.6 Å². The van der Waals surface area contributed by atoms with E-state index < -0.39 is 0 Å². The predicted molar refractivity (Wildman–Crippen MR) is 82.1 cm³/mol. The van der Waals surface area contributed by atoms with Crippen LogP contribution in [-0.4, -0.2) is 12.6 Å². The van der Waals surface area contributed by atoms with Crippen LogP contribution in [0.1, 0.15) is 72.6 Å². The Hall–Kier alpha value is -0.0400. The molecule has 1 heteroatoms. The monoisotopic (exact) mass is 263 g/mol. The minimum Gasteiger partial charge on any atom is -0.313 e. The van der Waals surface area contributed by atoms with Crippen molar-refractivity contribution >= 4 is 0 Å². The molecular formula is C18H33N. The number of fused-ring (bicyclic) bond motifs is 2. The molecule has 3 atom stereocenters. The molecule has 0 saturated heterocycles. The van der Waals surface area contributed by atoms with E-state index in [4.69, 9.17) is 0 Å².